The van der Waals surface area contributed by atoms with Gasteiger partial charge in [-0.2, -0.15) is 0 Å². The molecule has 23 heavy (non-hydrogen) atoms. The lowest BCUT2D eigenvalue weighted by Crippen LogP contribution is -2.41. The minimum Gasteiger partial charge on any atom is -0.507 e. The van der Waals surface area contributed by atoms with Gasteiger partial charge in [0.05, 0.1) is 18.3 Å². The summed E-state index contributed by atoms with van der Waals surface area (Å²) in [6.45, 7) is 9.90. The van der Waals surface area contributed by atoms with E-state index in [2.05, 4.69) is 0 Å². The molecule has 1 fully saturated rings. The van der Waals surface area contributed by atoms with E-state index in [4.69, 9.17) is 14.0 Å². The van der Waals surface area contributed by atoms with Crippen molar-refractivity contribution in [3.8, 4) is 11.5 Å². The van der Waals surface area contributed by atoms with Gasteiger partial charge in [-0.3, -0.25) is 0 Å². The normalized spacial score (nSPS) is 19.3. The molecule has 3 rings (SSSR count). The van der Waals surface area contributed by atoms with Crippen LogP contribution in [-0.4, -0.2) is 30.5 Å². The molecule has 1 aliphatic rings. The van der Waals surface area contributed by atoms with Crippen LogP contribution in [0.1, 0.15) is 33.3 Å². The third-order valence-electron chi connectivity index (χ3n) is 5.12. The molecule has 0 saturated carbocycles. The van der Waals surface area contributed by atoms with Crippen molar-refractivity contribution in [2.75, 3.05) is 7.11 Å². The summed E-state index contributed by atoms with van der Waals surface area (Å²) in [5.41, 5.74) is 0.577. The first-order chi connectivity index (χ1) is 10.7. The third kappa shape index (κ3) is 2.30. The minimum absolute atomic E-state index is 0.242. The maximum Gasteiger partial charge on any atom is 0.499 e. The summed E-state index contributed by atoms with van der Waals surface area (Å²) in [6, 6.07) is 7.64. The molecule has 1 aliphatic heterocycles. The van der Waals surface area contributed by atoms with Crippen LogP contribution in [0.5, 0.6) is 11.5 Å². The summed E-state index contributed by atoms with van der Waals surface area (Å²) in [7, 11) is 1.05. The number of fused-ring (bicyclic) bond motifs is 1. The molecule has 4 nitrogen and oxygen atoms in total. The Morgan fingerprint density at radius 2 is 1.52 bits per heavy atom. The maximum atomic E-state index is 10.6. The number of hydrogen-bond donors (Lipinski definition) is 1. The van der Waals surface area contributed by atoms with Crippen LogP contribution in [0.25, 0.3) is 10.8 Å². The zero-order chi connectivity index (χ0) is 17.0. The number of ether oxygens (including phenoxy) is 1. The van der Waals surface area contributed by atoms with Crippen LogP contribution in [0, 0.1) is 6.92 Å². The fourth-order valence-corrected chi connectivity index (χ4v) is 3.00. The van der Waals surface area contributed by atoms with E-state index in [-0.39, 0.29) is 5.75 Å². The summed E-state index contributed by atoms with van der Waals surface area (Å²) < 4.78 is 18.0. The Labute approximate surface area is 137 Å². The highest BCUT2D eigenvalue weighted by molar-refractivity contribution is 6.64. The van der Waals surface area contributed by atoms with Crippen molar-refractivity contribution in [1.82, 2.24) is 0 Å². The Hall–Kier alpha value is -1.72. The van der Waals surface area contributed by atoms with Crippen molar-refractivity contribution < 1.29 is 19.2 Å². The topological polar surface area (TPSA) is 47.9 Å². The lowest BCUT2D eigenvalue weighted by molar-refractivity contribution is 0.00578. The molecule has 0 aromatic heterocycles. The van der Waals surface area contributed by atoms with E-state index in [1.165, 1.54) is 0 Å². The van der Waals surface area contributed by atoms with E-state index in [1.54, 1.807) is 7.11 Å². The number of phenols is 1. The minimum atomic E-state index is -0.578. The fourth-order valence-electron chi connectivity index (χ4n) is 3.00. The summed E-state index contributed by atoms with van der Waals surface area (Å²) in [5, 5.41) is 12.2. The molecule has 2 aromatic carbocycles. The zero-order valence-corrected chi connectivity index (χ0v) is 14.6. The zero-order valence-electron chi connectivity index (χ0n) is 14.6. The molecule has 1 saturated heterocycles. The average Bonchev–Trinajstić information content (AvgIpc) is 2.70. The van der Waals surface area contributed by atoms with Crippen molar-refractivity contribution in [2.45, 2.75) is 45.8 Å². The molecule has 0 spiro atoms. The number of rotatable bonds is 2. The summed E-state index contributed by atoms with van der Waals surface area (Å²) in [4.78, 5) is 0. The van der Waals surface area contributed by atoms with E-state index in [9.17, 15) is 5.11 Å². The van der Waals surface area contributed by atoms with Gasteiger partial charge in [0.2, 0.25) is 0 Å². The van der Waals surface area contributed by atoms with E-state index >= 15 is 0 Å². The monoisotopic (exact) mass is 314 g/mol. The molecule has 122 valence electrons. The molecule has 0 amide bonds. The Kier molecular flexibility index (Phi) is 3.61. The highest BCUT2D eigenvalue weighted by Crippen LogP contribution is 2.40. The van der Waals surface area contributed by atoms with Crippen molar-refractivity contribution in [3.05, 3.63) is 29.8 Å². The van der Waals surface area contributed by atoms with Crippen molar-refractivity contribution >= 4 is 23.4 Å². The lowest BCUT2D eigenvalue weighted by atomic mass is 9.74. The SMILES string of the molecule is COc1c(B2OC(C)(C)C(C)(C)O2)c(C)c(O)c2ccccc12. The summed E-state index contributed by atoms with van der Waals surface area (Å²) in [5.74, 6) is 0.931. The first-order valence-corrected chi connectivity index (χ1v) is 7.83. The Morgan fingerprint density at radius 1 is 1.00 bits per heavy atom. The number of methoxy groups -OCH3 is 1. The van der Waals surface area contributed by atoms with Crippen LogP contribution in [0.3, 0.4) is 0 Å². The second kappa shape index (κ2) is 5.15. The molecule has 5 heteroatoms. The van der Waals surface area contributed by atoms with E-state index < -0.39 is 18.3 Å². The molecule has 2 aromatic rings. The smallest absolute Gasteiger partial charge is 0.499 e. The van der Waals surface area contributed by atoms with Crippen LogP contribution in [-0.2, 0) is 9.31 Å². The number of aromatic hydroxyl groups is 1. The third-order valence-corrected chi connectivity index (χ3v) is 5.12. The van der Waals surface area contributed by atoms with Gasteiger partial charge < -0.3 is 19.2 Å². The van der Waals surface area contributed by atoms with Crippen LogP contribution in [0.4, 0.5) is 0 Å². The second-order valence-electron chi connectivity index (χ2n) is 7.05. The molecule has 1 N–H and O–H groups in total. The quantitative estimate of drug-likeness (QED) is 0.865. The highest BCUT2D eigenvalue weighted by atomic mass is 16.7. The first-order valence-electron chi connectivity index (χ1n) is 7.83. The van der Waals surface area contributed by atoms with E-state index in [1.807, 2.05) is 58.9 Å². The van der Waals surface area contributed by atoms with Gasteiger partial charge in [0.25, 0.3) is 0 Å². The predicted molar refractivity (Wildman–Crippen MR) is 92.6 cm³/mol. The highest BCUT2D eigenvalue weighted by Gasteiger charge is 2.53. The Balaban J connectivity index is 2.25. The molecule has 0 aliphatic carbocycles. The fraction of sp³-hybridized carbons (Fsp3) is 0.444. The van der Waals surface area contributed by atoms with Gasteiger partial charge in [-0.05, 0) is 40.2 Å². The summed E-state index contributed by atoms with van der Waals surface area (Å²) >= 11 is 0. The van der Waals surface area contributed by atoms with Gasteiger partial charge in [0.15, 0.2) is 0 Å². The molecule has 1 heterocycles. The predicted octanol–water partition coefficient (Wildman–Crippen LogP) is 3.16. The van der Waals surface area contributed by atoms with Crippen LogP contribution >= 0.6 is 0 Å². The standard InChI is InChI=1S/C18H23BO4/c1-11-14(19-22-17(2,3)18(4,5)23-19)16(21-6)13-10-8-7-9-12(13)15(11)20/h7-10,20H,1-6H3. The maximum absolute atomic E-state index is 10.6. The van der Waals surface area contributed by atoms with Gasteiger partial charge in [0, 0.05) is 16.2 Å². The van der Waals surface area contributed by atoms with Crippen molar-refractivity contribution in [1.29, 1.82) is 0 Å². The molecule has 0 unspecified atom stereocenters. The summed E-state index contributed by atoms with van der Waals surface area (Å²) in [6.07, 6.45) is 0. The Morgan fingerprint density at radius 3 is 2.04 bits per heavy atom. The number of benzene rings is 2. The van der Waals surface area contributed by atoms with Crippen molar-refractivity contribution in [3.63, 3.8) is 0 Å². The van der Waals surface area contributed by atoms with Crippen LogP contribution in [0.2, 0.25) is 0 Å². The van der Waals surface area contributed by atoms with Crippen molar-refractivity contribution in [2.24, 2.45) is 0 Å². The first kappa shape index (κ1) is 16.2. The van der Waals surface area contributed by atoms with E-state index in [0.717, 1.165) is 21.8 Å². The van der Waals surface area contributed by atoms with Crippen LogP contribution < -0.4 is 10.2 Å². The van der Waals surface area contributed by atoms with Gasteiger partial charge in [-0.1, -0.05) is 24.3 Å². The molecule has 0 bridgehead atoms. The molecule has 0 atom stereocenters. The van der Waals surface area contributed by atoms with Gasteiger partial charge in [0.1, 0.15) is 11.5 Å². The average molecular weight is 314 g/mol. The van der Waals surface area contributed by atoms with Crippen LogP contribution in [0.15, 0.2) is 24.3 Å². The number of phenolic OH excluding ortho intramolecular Hbond substituents is 1. The second-order valence-corrected chi connectivity index (χ2v) is 7.05. The Bertz CT molecular complexity index is 751. The lowest BCUT2D eigenvalue weighted by Gasteiger charge is -2.32. The molecule has 0 radical (unpaired) electrons. The largest absolute Gasteiger partial charge is 0.507 e. The van der Waals surface area contributed by atoms with Gasteiger partial charge >= 0.3 is 7.12 Å². The number of hydrogen-bond acceptors (Lipinski definition) is 4. The van der Waals surface area contributed by atoms with Gasteiger partial charge in [-0.25, -0.2) is 0 Å². The van der Waals surface area contributed by atoms with E-state index in [0.29, 0.717) is 5.75 Å². The molecular weight excluding hydrogens is 291 g/mol. The van der Waals surface area contributed by atoms with Gasteiger partial charge in [-0.15, -0.1) is 0 Å². The molecular formula is C18H23BO4.